The van der Waals surface area contributed by atoms with Gasteiger partial charge in [-0.3, -0.25) is 0 Å². The van der Waals surface area contributed by atoms with E-state index in [9.17, 15) is 4.79 Å². The summed E-state index contributed by atoms with van der Waals surface area (Å²) in [6.45, 7) is 1.74. The summed E-state index contributed by atoms with van der Waals surface area (Å²) in [5, 5.41) is 0. The molecule has 0 saturated heterocycles. The molecule has 4 heteroatoms. The van der Waals surface area contributed by atoms with Crippen LogP contribution in [0.4, 0.5) is 5.69 Å². The monoisotopic (exact) mass is 221 g/mol. The van der Waals surface area contributed by atoms with E-state index in [0.717, 1.165) is 29.9 Å². The Kier molecular flexibility index (Phi) is 3.29. The highest BCUT2D eigenvalue weighted by molar-refractivity contribution is 5.63. The molecule has 0 radical (unpaired) electrons. The van der Waals surface area contributed by atoms with Gasteiger partial charge < -0.3 is 19.2 Å². The molecule has 0 bridgehead atoms. The van der Waals surface area contributed by atoms with Crippen molar-refractivity contribution in [2.75, 3.05) is 31.7 Å². The van der Waals surface area contributed by atoms with Crippen LogP contribution in [0.15, 0.2) is 18.2 Å². The molecule has 0 spiro atoms. The van der Waals surface area contributed by atoms with Crippen LogP contribution in [0, 0.1) is 0 Å². The Morgan fingerprint density at radius 1 is 1.31 bits per heavy atom. The highest BCUT2D eigenvalue weighted by Crippen LogP contribution is 2.33. The number of hydrogen-bond donors (Lipinski definition) is 0. The van der Waals surface area contributed by atoms with Crippen LogP contribution in [0.2, 0.25) is 0 Å². The normalized spacial score (nSPS) is 14.1. The number of anilines is 1. The van der Waals surface area contributed by atoms with Crippen LogP contribution in [0.5, 0.6) is 11.5 Å². The van der Waals surface area contributed by atoms with Gasteiger partial charge in [-0.15, -0.1) is 0 Å². The number of carbonyl (C=O) groups excluding carboxylic acids is 1. The second-order valence-corrected chi connectivity index (χ2v) is 3.73. The van der Waals surface area contributed by atoms with Crippen molar-refractivity contribution < 1.29 is 14.3 Å². The fourth-order valence-electron chi connectivity index (χ4n) is 1.61. The first-order chi connectivity index (χ1) is 7.81. The number of carbonyl (C=O) groups is 1. The van der Waals surface area contributed by atoms with Crippen LogP contribution in [0.1, 0.15) is 6.42 Å². The van der Waals surface area contributed by atoms with Crippen LogP contribution in [0.3, 0.4) is 0 Å². The second kappa shape index (κ2) is 4.88. The Labute approximate surface area is 94.8 Å². The Morgan fingerprint density at radius 2 is 2.06 bits per heavy atom. The van der Waals surface area contributed by atoms with E-state index >= 15 is 0 Å². The highest BCUT2D eigenvalue weighted by atomic mass is 16.5. The first-order valence-corrected chi connectivity index (χ1v) is 5.35. The van der Waals surface area contributed by atoms with Crippen molar-refractivity contribution in [2.24, 2.45) is 0 Å². The molecule has 1 aromatic rings. The zero-order valence-corrected chi connectivity index (χ0v) is 9.31. The van der Waals surface area contributed by atoms with E-state index in [-0.39, 0.29) is 0 Å². The van der Waals surface area contributed by atoms with Gasteiger partial charge in [0.1, 0.15) is 6.29 Å². The van der Waals surface area contributed by atoms with Gasteiger partial charge in [0.2, 0.25) is 0 Å². The minimum atomic E-state index is 0.375. The van der Waals surface area contributed by atoms with Crippen LogP contribution in [-0.2, 0) is 4.79 Å². The first kappa shape index (κ1) is 10.8. The highest BCUT2D eigenvalue weighted by Gasteiger charge is 2.11. The molecule has 0 N–H and O–H groups in total. The van der Waals surface area contributed by atoms with Crippen LogP contribution >= 0.6 is 0 Å². The molecular formula is C12H15NO3. The third-order valence-corrected chi connectivity index (χ3v) is 2.52. The fourth-order valence-corrected chi connectivity index (χ4v) is 1.61. The molecule has 0 aliphatic carbocycles. The summed E-state index contributed by atoms with van der Waals surface area (Å²) in [6, 6.07) is 5.72. The van der Waals surface area contributed by atoms with Crippen molar-refractivity contribution in [1.82, 2.24) is 0 Å². The average Bonchev–Trinajstić information content (AvgIpc) is 2.53. The van der Waals surface area contributed by atoms with E-state index < -0.39 is 0 Å². The molecule has 0 unspecified atom stereocenters. The van der Waals surface area contributed by atoms with E-state index in [2.05, 4.69) is 0 Å². The largest absolute Gasteiger partial charge is 0.490 e. The predicted molar refractivity (Wildman–Crippen MR) is 61.4 cm³/mol. The maximum atomic E-state index is 10.4. The van der Waals surface area contributed by atoms with Crippen LogP contribution in [0.25, 0.3) is 0 Å². The average molecular weight is 221 g/mol. The zero-order valence-electron chi connectivity index (χ0n) is 9.31. The maximum Gasteiger partial charge on any atom is 0.163 e. The lowest BCUT2D eigenvalue weighted by Crippen LogP contribution is -2.19. The lowest BCUT2D eigenvalue weighted by Gasteiger charge is -2.17. The second-order valence-electron chi connectivity index (χ2n) is 3.73. The van der Waals surface area contributed by atoms with Crippen molar-refractivity contribution in [3.63, 3.8) is 0 Å². The Hall–Kier alpha value is -1.71. The van der Waals surface area contributed by atoms with E-state index in [1.807, 2.05) is 30.1 Å². The number of likely N-dealkylation sites (N-methyl/N-ethyl adjacent to an activating group) is 1. The molecule has 16 heavy (non-hydrogen) atoms. The van der Waals surface area contributed by atoms with Crippen LogP contribution < -0.4 is 14.4 Å². The number of rotatable bonds is 3. The van der Waals surface area contributed by atoms with Gasteiger partial charge in [-0.1, -0.05) is 0 Å². The molecule has 1 heterocycles. The lowest BCUT2D eigenvalue weighted by molar-refractivity contribution is -0.106. The van der Waals surface area contributed by atoms with Gasteiger partial charge in [-0.05, 0) is 12.1 Å². The number of hydrogen-bond acceptors (Lipinski definition) is 4. The molecule has 0 fully saturated rings. The van der Waals surface area contributed by atoms with Gasteiger partial charge in [0.25, 0.3) is 0 Å². The van der Waals surface area contributed by atoms with Gasteiger partial charge in [-0.2, -0.15) is 0 Å². The van der Waals surface area contributed by atoms with E-state index in [4.69, 9.17) is 9.47 Å². The quantitative estimate of drug-likeness (QED) is 0.725. The molecule has 0 saturated carbocycles. The molecule has 2 rings (SSSR count). The van der Waals surface area contributed by atoms with Gasteiger partial charge in [-0.25, -0.2) is 0 Å². The minimum Gasteiger partial charge on any atom is -0.490 e. The first-order valence-electron chi connectivity index (χ1n) is 5.35. The van der Waals surface area contributed by atoms with Crippen molar-refractivity contribution in [1.29, 1.82) is 0 Å². The third-order valence-electron chi connectivity index (χ3n) is 2.52. The van der Waals surface area contributed by atoms with E-state index in [1.54, 1.807) is 0 Å². The molecule has 0 amide bonds. The SMILES string of the molecule is CN(CC=O)c1ccc2c(c1)OCCCO2. The summed E-state index contributed by atoms with van der Waals surface area (Å²) in [4.78, 5) is 12.3. The van der Waals surface area contributed by atoms with Crippen molar-refractivity contribution >= 4 is 12.0 Å². The minimum absolute atomic E-state index is 0.375. The number of benzene rings is 1. The molecule has 0 aromatic heterocycles. The van der Waals surface area contributed by atoms with Crippen molar-refractivity contribution in [2.45, 2.75) is 6.42 Å². The topological polar surface area (TPSA) is 38.8 Å². The summed E-state index contributed by atoms with van der Waals surface area (Å²) >= 11 is 0. The molecule has 0 atom stereocenters. The number of fused-ring (bicyclic) bond motifs is 1. The molecule has 4 nitrogen and oxygen atoms in total. The summed E-state index contributed by atoms with van der Waals surface area (Å²) < 4.78 is 11.1. The maximum absolute atomic E-state index is 10.4. The summed E-state index contributed by atoms with van der Waals surface area (Å²) in [7, 11) is 1.87. The summed E-state index contributed by atoms with van der Waals surface area (Å²) in [5.41, 5.74) is 0.955. The van der Waals surface area contributed by atoms with Crippen molar-refractivity contribution in [3.8, 4) is 11.5 Å². The Bertz CT molecular complexity index is 379. The molecule has 1 aliphatic rings. The smallest absolute Gasteiger partial charge is 0.163 e. The van der Waals surface area contributed by atoms with Gasteiger partial charge >= 0.3 is 0 Å². The van der Waals surface area contributed by atoms with Crippen molar-refractivity contribution in [3.05, 3.63) is 18.2 Å². The molecular weight excluding hydrogens is 206 g/mol. The Morgan fingerprint density at radius 3 is 2.81 bits per heavy atom. The molecule has 1 aliphatic heterocycles. The van der Waals surface area contributed by atoms with E-state index in [1.165, 1.54) is 0 Å². The summed E-state index contributed by atoms with van der Waals surface area (Å²) in [6.07, 6.45) is 1.78. The van der Waals surface area contributed by atoms with Gasteiger partial charge in [0, 0.05) is 25.2 Å². The fraction of sp³-hybridized carbons (Fsp3) is 0.417. The van der Waals surface area contributed by atoms with Gasteiger partial charge in [0.15, 0.2) is 11.5 Å². The lowest BCUT2D eigenvalue weighted by atomic mass is 10.2. The third kappa shape index (κ3) is 2.27. The number of aldehydes is 1. The van der Waals surface area contributed by atoms with E-state index in [0.29, 0.717) is 19.8 Å². The molecule has 1 aromatic carbocycles. The Balaban J connectivity index is 2.23. The number of ether oxygens (including phenoxy) is 2. The summed E-state index contributed by atoms with van der Waals surface area (Å²) in [5.74, 6) is 1.54. The standard InChI is InChI=1S/C12H15NO3/c1-13(5-6-14)10-3-4-11-12(9-10)16-8-2-7-15-11/h3-4,6,9H,2,5,7-8H2,1H3. The van der Waals surface area contributed by atoms with Crippen LogP contribution in [-0.4, -0.2) is 33.1 Å². The molecule has 86 valence electrons. The predicted octanol–water partition coefficient (Wildman–Crippen LogP) is 1.48. The number of nitrogens with zero attached hydrogens (tertiary/aromatic N) is 1. The van der Waals surface area contributed by atoms with Gasteiger partial charge in [0.05, 0.1) is 19.8 Å². The zero-order chi connectivity index (χ0) is 11.4.